The van der Waals surface area contributed by atoms with Crippen LogP contribution in [0.4, 0.5) is 0 Å². The van der Waals surface area contributed by atoms with Gasteiger partial charge in [-0.05, 0) is 123 Å². The summed E-state index contributed by atoms with van der Waals surface area (Å²) in [6, 6.07) is 0. The molecular formula is C41H70O12. The van der Waals surface area contributed by atoms with Crippen LogP contribution in [0.2, 0.25) is 0 Å². The van der Waals surface area contributed by atoms with Gasteiger partial charge in [-0.3, -0.25) is 0 Å². The highest BCUT2D eigenvalue weighted by Crippen LogP contribution is 2.76. The maximum atomic E-state index is 11.3. The standard InChI is InChI=1S/C41H70O12/c1-21(2)24(42)12-18-41(8,53-36-34(49)32(47)31(46)26(52-36)20-51-35-33(48)30(45)25(43)19-50-35)23-11-16-39(6)22(23)9-10-28-38(5)15-14-29(44)37(3,4)27(38)13-17-40(28,39)7/h22-36,42-49H,1,9-20H2,2-8H3/t22-,23+,24-,25-,26-,27+,28-,29+,30+,31-,32+,33-,34-,35+,36+,38+,39-,40-,41+/m1/s1. The lowest BCUT2D eigenvalue weighted by atomic mass is 9.35. The quantitative estimate of drug-likeness (QED) is 0.152. The van der Waals surface area contributed by atoms with Crippen LogP contribution in [0.25, 0.3) is 0 Å². The molecule has 0 unspecified atom stereocenters. The summed E-state index contributed by atoms with van der Waals surface area (Å²) in [6.45, 7) is 19.2. The first kappa shape index (κ1) is 41.9. The van der Waals surface area contributed by atoms with Crippen LogP contribution in [-0.2, 0) is 18.9 Å². The molecule has 6 aliphatic rings. The van der Waals surface area contributed by atoms with E-state index in [1.165, 1.54) is 0 Å². The van der Waals surface area contributed by atoms with Crippen molar-refractivity contribution >= 4 is 0 Å². The van der Waals surface area contributed by atoms with Crippen molar-refractivity contribution < 1.29 is 59.8 Å². The van der Waals surface area contributed by atoms with Crippen LogP contribution in [0.3, 0.4) is 0 Å². The molecule has 0 aromatic rings. The Kier molecular flexibility index (Phi) is 11.8. The predicted molar refractivity (Wildman–Crippen MR) is 195 cm³/mol. The molecule has 0 aromatic heterocycles. The minimum Gasteiger partial charge on any atom is -0.393 e. The highest BCUT2D eigenvalue weighted by atomic mass is 16.7. The van der Waals surface area contributed by atoms with E-state index in [1.54, 1.807) is 6.92 Å². The largest absolute Gasteiger partial charge is 0.393 e. The lowest BCUT2D eigenvalue weighted by molar-refractivity contribution is -0.344. The van der Waals surface area contributed by atoms with E-state index in [2.05, 4.69) is 41.2 Å². The number of aliphatic hydroxyl groups is 8. The molecule has 2 saturated heterocycles. The first-order valence-electron chi connectivity index (χ1n) is 20.3. The van der Waals surface area contributed by atoms with Gasteiger partial charge in [0.05, 0.1) is 31.0 Å². The summed E-state index contributed by atoms with van der Waals surface area (Å²) in [5, 5.41) is 85.5. The van der Waals surface area contributed by atoms with Crippen LogP contribution in [0, 0.1) is 45.3 Å². The fourth-order valence-electron chi connectivity index (χ4n) is 13.0. The third kappa shape index (κ3) is 6.90. The second-order valence-corrected chi connectivity index (χ2v) is 19.6. The number of rotatable bonds is 10. The molecule has 0 radical (unpaired) electrons. The molecule has 4 aliphatic carbocycles. The van der Waals surface area contributed by atoms with Crippen LogP contribution in [-0.4, -0.2) is 127 Å². The molecule has 19 atom stereocenters. The van der Waals surface area contributed by atoms with Crippen LogP contribution >= 0.6 is 0 Å². The minimum atomic E-state index is -1.63. The molecule has 2 heterocycles. The predicted octanol–water partition coefficient (Wildman–Crippen LogP) is 2.79. The van der Waals surface area contributed by atoms with Gasteiger partial charge in [-0.25, -0.2) is 0 Å². The van der Waals surface area contributed by atoms with Gasteiger partial charge in [0, 0.05) is 0 Å². The summed E-state index contributed by atoms with van der Waals surface area (Å²) in [4.78, 5) is 0. The Labute approximate surface area is 315 Å². The number of hydrogen-bond acceptors (Lipinski definition) is 12. The third-order valence-electron chi connectivity index (χ3n) is 16.6. The van der Waals surface area contributed by atoms with E-state index in [0.29, 0.717) is 36.2 Å². The molecule has 0 amide bonds. The van der Waals surface area contributed by atoms with Crippen molar-refractivity contribution in [1.82, 2.24) is 0 Å². The second-order valence-electron chi connectivity index (χ2n) is 19.6. The first-order valence-corrected chi connectivity index (χ1v) is 20.3. The molecule has 0 aromatic carbocycles. The van der Waals surface area contributed by atoms with Crippen molar-refractivity contribution in [3.8, 4) is 0 Å². The summed E-state index contributed by atoms with van der Waals surface area (Å²) in [5.41, 5.74) is -0.165. The zero-order chi connectivity index (χ0) is 39.1. The molecule has 306 valence electrons. The number of fused-ring (bicyclic) bond motifs is 5. The molecule has 8 N–H and O–H groups in total. The van der Waals surface area contributed by atoms with Gasteiger partial charge in [0.15, 0.2) is 12.6 Å². The van der Waals surface area contributed by atoms with Crippen LogP contribution < -0.4 is 0 Å². The van der Waals surface area contributed by atoms with Crippen molar-refractivity contribution in [2.24, 2.45) is 45.3 Å². The second kappa shape index (κ2) is 14.9. The van der Waals surface area contributed by atoms with Gasteiger partial charge < -0.3 is 59.8 Å². The van der Waals surface area contributed by atoms with Gasteiger partial charge in [0.25, 0.3) is 0 Å². The zero-order valence-electron chi connectivity index (χ0n) is 33.1. The van der Waals surface area contributed by atoms with Gasteiger partial charge >= 0.3 is 0 Å². The third-order valence-corrected chi connectivity index (χ3v) is 16.6. The molecule has 12 nitrogen and oxygen atoms in total. The van der Waals surface area contributed by atoms with Gasteiger partial charge in [0.1, 0.15) is 42.7 Å². The van der Waals surface area contributed by atoms with E-state index in [4.69, 9.17) is 18.9 Å². The molecule has 6 rings (SSSR count). The molecule has 12 heteroatoms. The van der Waals surface area contributed by atoms with Crippen molar-refractivity contribution in [1.29, 1.82) is 0 Å². The van der Waals surface area contributed by atoms with Crippen LogP contribution in [0.15, 0.2) is 12.2 Å². The highest BCUT2D eigenvalue weighted by Gasteiger charge is 2.70. The van der Waals surface area contributed by atoms with Crippen molar-refractivity contribution in [3.63, 3.8) is 0 Å². The maximum Gasteiger partial charge on any atom is 0.187 e. The normalized spacial score (nSPS) is 51.4. The van der Waals surface area contributed by atoms with Crippen molar-refractivity contribution in [2.75, 3.05) is 13.2 Å². The molecule has 4 saturated carbocycles. The average molecular weight is 755 g/mol. The molecule has 6 fully saturated rings. The van der Waals surface area contributed by atoms with Gasteiger partial charge in [-0.1, -0.05) is 46.8 Å². The van der Waals surface area contributed by atoms with Gasteiger partial charge in [0.2, 0.25) is 0 Å². The Morgan fingerprint density at radius 1 is 0.792 bits per heavy atom. The molecule has 0 bridgehead atoms. The van der Waals surface area contributed by atoms with Crippen molar-refractivity contribution in [2.45, 2.75) is 186 Å². The SMILES string of the molecule is C=C(C)[C@H](O)CC[C@](C)(O[C@@H]1O[C@H](CO[C@@H]2OC[C@@H](O)[C@H](O)[C@H]2O)[C@@H](O)[C@H](O)[C@H]1O)[C@H]1CC[C@]2(C)[C@@H]1CC[C@@H]1[C@@]3(C)CC[C@H](O)C(C)(C)[C@@H]3CC[C@]12C. The number of aliphatic hydroxyl groups excluding tert-OH is 8. The summed E-state index contributed by atoms with van der Waals surface area (Å²) in [5.74, 6) is 1.32. The Balaban J connectivity index is 1.24. The monoisotopic (exact) mass is 754 g/mol. The smallest absolute Gasteiger partial charge is 0.187 e. The number of ether oxygens (including phenoxy) is 4. The van der Waals surface area contributed by atoms with Gasteiger partial charge in [-0.15, -0.1) is 0 Å². The van der Waals surface area contributed by atoms with E-state index < -0.39 is 67.0 Å². The lowest BCUT2D eigenvalue weighted by Crippen LogP contribution is -2.64. The molecule has 53 heavy (non-hydrogen) atoms. The Hall–Kier alpha value is -0.740. The Morgan fingerprint density at radius 3 is 2.13 bits per heavy atom. The molecular weight excluding hydrogens is 684 g/mol. The average Bonchev–Trinajstić information content (AvgIpc) is 3.47. The fraction of sp³-hybridized carbons (Fsp3) is 0.951. The van der Waals surface area contributed by atoms with E-state index in [1.807, 2.05) is 6.92 Å². The van der Waals surface area contributed by atoms with Crippen LogP contribution in [0.1, 0.15) is 113 Å². The summed E-state index contributed by atoms with van der Waals surface area (Å²) < 4.78 is 24.1. The Bertz CT molecular complexity index is 1310. The Morgan fingerprint density at radius 2 is 1.45 bits per heavy atom. The summed E-state index contributed by atoms with van der Waals surface area (Å²) in [6.07, 6.45) is -5.04. The zero-order valence-corrected chi connectivity index (χ0v) is 33.1. The van der Waals surface area contributed by atoms with E-state index >= 15 is 0 Å². The van der Waals surface area contributed by atoms with E-state index in [9.17, 15) is 40.9 Å². The fourth-order valence-corrected chi connectivity index (χ4v) is 13.0. The van der Waals surface area contributed by atoms with Gasteiger partial charge in [-0.2, -0.15) is 0 Å². The summed E-state index contributed by atoms with van der Waals surface area (Å²) >= 11 is 0. The minimum absolute atomic E-state index is 0.00343. The highest BCUT2D eigenvalue weighted by molar-refractivity contribution is 5.18. The molecule has 2 aliphatic heterocycles. The van der Waals surface area contributed by atoms with E-state index in [-0.39, 0.29) is 46.9 Å². The lowest BCUT2D eigenvalue weighted by Gasteiger charge is -2.70. The maximum absolute atomic E-state index is 11.3. The van der Waals surface area contributed by atoms with Crippen LogP contribution in [0.5, 0.6) is 0 Å². The summed E-state index contributed by atoms with van der Waals surface area (Å²) in [7, 11) is 0. The first-order chi connectivity index (χ1) is 24.6. The molecule has 0 spiro atoms. The van der Waals surface area contributed by atoms with Crippen molar-refractivity contribution in [3.05, 3.63) is 12.2 Å². The topological polar surface area (TPSA) is 199 Å². The number of hydrogen-bond donors (Lipinski definition) is 8. The van der Waals surface area contributed by atoms with E-state index in [0.717, 1.165) is 51.4 Å².